The highest BCUT2D eigenvalue weighted by atomic mass is 16.2. The molecule has 2 unspecified atom stereocenters. The van der Waals surface area contributed by atoms with Crippen LogP contribution in [-0.2, 0) is 4.79 Å². The van der Waals surface area contributed by atoms with Crippen LogP contribution >= 0.6 is 0 Å². The second-order valence-corrected chi connectivity index (χ2v) is 6.49. The zero-order valence-electron chi connectivity index (χ0n) is 12.4. The van der Waals surface area contributed by atoms with Crippen LogP contribution in [-0.4, -0.2) is 22.9 Å². The lowest BCUT2D eigenvalue weighted by Crippen LogP contribution is -2.51. The van der Waals surface area contributed by atoms with Gasteiger partial charge in [0.25, 0.3) is 0 Å². The number of carbonyl (C=O) groups excluding carboxylic acids is 1. The molecule has 1 aromatic rings. The van der Waals surface area contributed by atoms with Crippen LogP contribution in [0.1, 0.15) is 62.6 Å². The molecule has 2 atom stereocenters. The van der Waals surface area contributed by atoms with E-state index in [1.807, 2.05) is 4.90 Å². The third kappa shape index (κ3) is 2.47. The van der Waals surface area contributed by atoms with Gasteiger partial charge in [-0.3, -0.25) is 4.79 Å². The average Bonchev–Trinajstić information content (AvgIpc) is 3.25. The molecule has 2 N–H and O–H groups in total. The van der Waals surface area contributed by atoms with Crippen LogP contribution < -0.4 is 5.73 Å². The van der Waals surface area contributed by atoms with Crippen LogP contribution in [0.3, 0.4) is 0 Å². The number of nitrogens with zero attached hydrogens (tertiary/aromatic N) is 1. The molecule has 0 bridgehead atoms. The van der Waals surface area contributed by atoms with Crippen molar-refractivity contribution >= 4 is 5.91 Å². The van der Waals surface area contributed by atoms with Gasteiger partial charge in [0.05, 0.1) is 6.04 Å². The second-order valence-electron chi connectivity index (χ2n) is 6.49. The summed E-state index contributed by atoms with van der Waals surface area (Å²) < 4.78 is 0. The summed E-state index contributed by atoms with van der Waals surface area (Å²) in [7, 11) is 0. The Morgan fingerprint density at radius 2 is 1.90 bits per heavy atom. The second kappa shape index (κ2) is 5.21. The monoisotopic (exact) mass is 272 g/mol. The zero-order chi connectivity index (χ0) is 14.3. The molecule has 20 heavy (non-hydrogen) atoms. The SMILES string of the molecule is CC(C)N1C(=O)CCC(N)C1c1cccc(C2CC2)c1. The van der Waals surface area contributed by atoms with Crippen molar-refractivity contribution in [1.82, 2.24) is 4.90 Å². The maximum Gasteiger partial charge on any atom is 0.223 e. The van der Waals surface area contributed by atoms with E-state index in [1.165, 1.54) is 24.0 Å². The van der Waals surface area contributed by atoms with Crippen molar-refractivity contribution in [1.29, 1.82) is 0 Å². The standard InChI is InChI=1S/C17H24N2O/c1-11(2)19-16(20)9-8-15(18)17(19)14-5-3-4-13(10-14)12-6-7-12/h3-5,10-12,15,17H,6-9,18H2,1-2H3. The molecule has 2 fully saturated rings. The first-order valence-corrected chi connectivity index (χ1v) is 7.74. The van der Waals surface area contributed by atoms with E-state index in [0.29, 0.717) is 6.42 Å². The van der Waals surface area contributed by atoms with E-state index in [0.717, 1.165) is 12.3 Å². The van der Waals surface area contributed by atoms with Crippen LogP contribution in [0.4, 0.5) is 0 Å². The summed E-state index contributed by atoms with van der Waals surface area (Å²) in [4.78, 5) is 14.3. The van der Waals surface area contributed by atoms with Crippen LogP contribution in [0.15, 0.2) is 24.3 Å². The maximum absolute atomic E-state index is 12.3. The van der Waals surface area contributed by atoms with Gasteiger partial charge in [0, 0.05) is 18.5 Å². The van der Waals surface area contributed by atoms with Gasteiger partial charge in [-0.2, -0.15) is 0 Å². The first-order valence-electron chi connectivity index (χ1n) is 7.74. The minimum absolute atomic E-state index is 0.0370. The van der Waals surface area contributed by atoms with Gasteiger partial charge in [-0.25, -0.2) is 0 Å². The third-order valence-electron chi connectivity index (χ3n) is 4.54. The highest BCUT2D eigenvalue weighted by Gasteiger charge is 2.36. The molecule has 3 nitrogen and oxygen atoms in total. The predicted octanol–water partition coefficient (Wildman–Crippen LogP) is 2.96. The fourth-order valence-corrected chi connectivity index (χ4v) is 3.37. The van der Waals surface area contributed by atoms with Gasteiger partial charge in [0.15, 0.2) is 0 Å². The van der Waals surface area contributed by atoms with Gasteiger partial charge in [0.2, 0.25) is 5.91 Å². The highest BCUT2D eigenvalue weighted by Crippen LogP contribution is 2.41. The van der Waals surface area contributed by atoms with Crippen LogP contribution in [0.5, 0.6) is 0 Å². The molecule has 0 radical (unpaired) electrons. The summed E-state index contributed by atoms with van der Waals surface area (Å²) in [5.74, 6) is 0.974. The summed E-state index contributed by atoms with van der Waals surface area (Å²) in [6.07, 6.45) is 3.97. The van der Waals surface area contributed by atoms with E-state index >= 15 is 0 Å². The Bertz CT molecular complexity index is 507. The summed E-state index contributed by atoms with van der Waals surface area (Å²) in [5.41, 5.74) is 8.97. The molecular formula is C17H24N2O. The number of hydrogen-bond acceptors (Lipinski definition) is 2. The lowest BCUT2D eigenvalue weighted by molar-refractivity contribution is -0.139. The molecule has 108 valence electrons. The molecule has 1 aliphatic carbocycles. The van der Waals surface area contributed by atoms with Crippen LogP contribution in [0.25, 0.3) is 0 Å². The lowest BCUT2D eigenvalue weighted by atomic mass is 9.88. The van der Waals surface area contributed by atoms with E-state index in [1.54, 1.807) is 0 Å². The number of piperidine rings is 1. The first kappa shape index (κ1) is 13.6. The average molecular weight is 272 g/mol. The van der Waals surface area contributed by atoms with Crippen LogP contribution in [0, 0.1) is 0 Å². The Balaban J connectivity index is 1.95. The third-order valence-corrected chi connectivity index (χ3v) is 4.54. The molecule has 1 saturated heterocycles. The van der Waals surface area contributed by atoms with Crippen molar-refractivity contribution in [2.75, 3.05) is 0 Å². The Morgan fingerprint density at radius 3 is 2.55 bits per heavy atom. The van der Waals surface area contributed by atoms with Gasteiger partial charge >= 0.3 is 0 Å². The molecular weight excluding hydrogens is 248 g/mol. The summed E-state index contributed by atoms with van der Waals surface area (Å²) >= 11 is 0. The van der Waals surface area contributed by atoms with E-state index in [-0.39, 0.29) is 24.0 Å². The van der Waals surface area contributed by atoms with Crippen molar-refractivity contribution in [2.45, 2.75) is 63.6 Å². The number of amides is 1. The van der Waals surface area contributed by atoms with Crippen molar-refractivity contribution in [3.8, 4) is 0 Å². The number of hydrogen-bond donors (Lipinski definition) is 1. The first-order chi connectivity index (χ1) is 9.58. The molecule has 2 aliphatic rings. The van der Waals surface area contributed by atoms with Crippen molar-refractivity contribution in [2.24, 2.45) is 5.73 Å². The molecule has 3 rings (SSSR count). The normalized spacial score (nSPS) is 27.2. The van der Waals surface area contributed by atoms with Gasteiger partial charge in [-0.05, 0) is 50.2 Å². The van der Waals surface area contributed by atoms with E-state index in [2.05, 4.69) is 38.1 Å². The topological polar surface area (TPSA) is 46.3 Å². The highest BCUT2D eigenvalue weighted by molar-refractivity contribution is 5.78. The Morgan fingerprint density at radius 1 is 1.20 bits per heavy atom. The quantitative estimate of drug-likeness (QED) is 0.919. The smallest absolute Gasteiger partial charge is 0.223 e. The lowest BCUT2D eigenvalue weighted by Gasteiger charge is -2.42. The zero-order valence-corrected chi connectivity index (χ0v) is 12.4. The number of carbonyl (C=O) groups is 1. The molecule has 1 heterocycles. The van der Waals surface area contributed by atoms with Crippen LogP contribution in [0.2, 0.25) is 0 Å². The van der Waals surface area contributed by atoms with Crippen molar-refractivity contribution < 1.29 is 4.79 Å². The number of rotatable bonds is 3. The number of benzene rings is 1. The van der Waals surface area contributed by atoms with Gasteiger partial charge in [-0.15, -0.1) is 0 Å². The minimum Gasteiger partial charge on any atom is -0.332 e. The fraction of sp³-hybridized carbons (Fsp3) is 0.588. The largest absolute Gasteiger partial charge is 0.332 e. The van der Waals surface area contributed by atoms with Gasteiger partial charge in [0.1, 0.15) is 0 Å². The molecule has 0 aromatic heterocycles. The number of nitrogens with two attached hydrogens (primary N) is 1. The molecule has 0 spiro atoms. The molecule has 3 heteroatoms. The van der Waals surface area contributed by atoms with Gasteiger partial charge < -0.3 is 10.6 Å². The maximum atomic E-state index is 12.3. The van der Waals surface area contributed by atoms with Crippen molar-refractivity contribution in [3.63, 3.8) is 0 Å². The number of likely N-dealkylation sites (tertiary alicyclic amines) is 1. The van der Waals surface area contributed by atoms with Gasteiger partial charge in [-0.1, -0.05) is 24.3 Å². The predicted molar refractivity (Wildman–Crippen MR) is 80.3 cm³/mol. The van der Waals surface area contributed by atoms with E-state index in [9.17, 15) is 4.79 Å². The van der Waals surface area contributed by atoms with Crippen molar-refractivity contribution in [3.05, 3.63) is 35.4 Å². The summed E-state index contributed by atoms with van der Waals surface area (Å²) in [6, 6.07) is 9.01. The fourth-order valence-electron chi connectivity index (χ4n) is 3.37. The molecule has 1 amide bonds. The minimum atomic E-state index is 0.0370. The Labute approximate surface area is 121 Å². The Hall–Kier alpha value is -1.35. The van der Waals surface area contributed by atoms with E-state index < -0.39 is 0 Å². The summed E-state index contributed by atoms with van der Waals surface area (Å²) in [6.45, 7) is 4.15. The molecule has 1 aromatic carbocycles. The Kier molecular flexibility index (Phi) is 3.55. The molecule has 1 saturated carbocycles. The molecule has 1 aliphatic heterocycles. The summed E-state index contributed by atoms with van der Waals surface area (Å²) in [5, 5.41) is 0. The van der Waals surface area contributed by atoms with E-state index in [4.69, 9.17) is 5.73 Å².